The highest BCUT2D eigenvalue weighted by atomic mass is 32.1. The third-order valence-corrected chi connectivity index (χ3v) is 5.51. The fourth-order valence-corrected chi connectivity index (χ4v) is 4.02. The molecule has 2 unspecified atom stereocenters. The smallest absolute Gasteiger partial charge is 0.307 e. The van der Waals surface area contributed by atoms with E-state index in [1.807, 2.05) is 18.4 Å². The van der Waals surface area contributed by atoms with Gasteiger partial charge in [0.05, 0.1) is 15.8 Å². The number of aliphatic hydroxyl groups excluding tert-OH is 1. The number of fused-ring (bicyclic) bond motifs is 1. The van der Waals surface area contributed by atoms with Crippen molar-refractivity contribution in [2.24, 2.45) is 18.0 Å². The number of hydrogen-bond donors (Lipinski definition) is 1. The van der Waals surface area contributed by atoms with E-state index in [-0.39, 0.29) is 22.9 Å². The Labute approximate surface area is 133 Å². The summed E-state index contributed by atoms with van der Waals surface area (Å²) in [7, 11) is 1.80. The van der Waals surface area contributed by atoms with Crippen LogP contribution in [0.4, 0.5) is 0 Å². The number of aryl methyl sites for hydroxylation is 1. The molecule has 0 saturated heterocycles. The quantitative estimate of drug-likeness (QED) is 0.921. The van der Waals surface area contributed by atoms with Gasteiger partial charge in [0.15, 0.2) is 0 Å². The molecule has 0 bridgehead atoms. The van der Waals surface area contributed by atoms with Crippen LogP contribution in [-0.4, -0.2) is 28.0 Å². The molecule has 1 N–H and O–H groups in total. The highest BCUT2D eigenvalue weighted by molar-refractivity contribution is 7.16. The van der Waals surface area contributed by atoms with Crippen molar-refractivity contribution in [3.05, 3.63) is 45.6 Å². The molecule has 2 heterocycles. The fraction of sp³-hybridized carbons (Fsp3) is 0.412. The summed E-state index contributed by atoms with van der Waals surface area (Å²) < 4.78 is 2.70. The minimum atomic E-state index is -0.249. The lowest BCUT2D eigenvalue weighted by molar-refractivity contribution is 0.226. The standard InChI is InChI=1S/C17H20N2O2S/c1-17(7-3-8-18-17)13(6-9-20)10-12-4-5-14-15(11-12)22-16(21)19(14)2/h3-5,7-8,11,13,20H,6,9-10H2,1-2H3. The summed E-state index contributed by atoms with van der Waals surface area (Å²) in [4.78, 5) is 16.4. The Balaban J connectivity index is 1.91. The number of aliphatic hydroxyl groups is 1. The van der Waals surface area contributed by atoms with Gasteiger partial charge in [-0.3, -0.25) is 9.79 Å². The lowest BCUT2D eigenvalue weighted by atomic mass is 9.80. The minimum absolute atomic E-state index is 0.0642. The molecule has 0 saturated carbocycles. The van der Waals surface area contributed by atoms with E-state index in [0.717, 1.165) is 16.6 Å². The summed E-state index contributed by atoms with van der Waals surface area (Å²) in [5.41, 5.74) is 1.91. The third-order valence-electron chi connectivity index (χ3n) is 4.52. The molecule has 116 valence electrons. The van der Waals surface area contributed by atoms with Crippen LogP contribution in [-0.2, 0) is 13.5 Å². The van der Waals surface area contributed by atoms with Gasteiger partial charge in [-0.05, 0) is 49.5 Å². The van der Waals surface area contributed by atoms with E-state index in [0.29, 0.717) is 6.42 Å². The molecule has 5 heteroatoms. The first kappa shape index (κ1) is 15.2. The molecule has 0 spiro atoms. The van der Waals surface area contributed by atoms with Crippen molar-refractivity contribution < 1.29 is 5.11 Å². The Kier molecular flexibility index (Phi) is 4.02. The van der Waals surface area contributed by atoms with Crippen LogP contribution in [0, 0.1) is 5.92 Å². The molecule has 1 aliphatic heterocycles. The summed E-state index contributed by atoms with van der Waals surface area (Å²) in [5.74, 6) is 0.241. The second-order valence-corrected chi connectivity index (χ2v) is 7.00. The van der Waals surface area contributed by atoms with Gasteiger partial charge in [-0.25, -0.2) is 0 Å². The third kappa shape index (κ3) is 2.66. The molecule has 2 aromatic rings. The molecule has 0 radical (unpaired) electrons. The first-order chi connectivity index (χ1) is 10.5. The molecule has 1 aliphatic rings. The predicted molar refractivity (Wildman–Crippen MR) is 92.0 cm³/mol. The average Bonchev–Trinajstić information content (AvgIpc) is 3.05. The van der Waals surface area contributed by atoms with E-state index in [2.05, 4.69) is 30.1 Å². The topological polar surface area (TPSA) is 54.6 Å². The van der Waals surface area contributed by atoms with Crippen molar-refractivity contribution in [2.75, 3.05) is 6.61 Å². The Morgan fingerprint density at radius 1 is 1.45 bits per heavy atom. The number of rotatable bonds is 5. The van der Waals surface area contributed by atoms with Crippen molar-refractivity contribution in [3.63, 3.8) is 0 Å². The molecule has 1 aromatic carbocycles. The SMILES string of the molecule is Cn1c(=O)sc2cc(CC(CCO)C3(C)C=CC=N3)ccc21. The van der Waals surface area contributed by atoms with Gasteiger partial charge in [-0.1, -0.05) is 23.5 Å². The number of allylic oxidation sites excluding steroid dienone is 1. The summed E-state index contributed by atoms with van der Waals surface area (Å²) in [6.45, 7) is 2.26. The van der Waals surface area contributed by atoms with Crippen molar-refractivity contribution in [3.8, 4) is 0 Å². The van der Waals surface area contributed by atoms with Crippen LogP contribution in [0.1, 0.15) is 18.9 Å². The van der Waals surface area contributed by atoms with Gasteiger partial charge < -0.3 is 9.67 Å². The lowest BCUT2D eigenvalue weighted by Crippen LogP contribution is -2.31. The zero-order chi connectivity index (χ0) is 15.7. The first-order valence-corrected chi connectivity index (χ1v) is 8.27. The molecule has 4 nitrogen and oxygen atoms in total. The number of aliphatic imine (C=N–C) groups is 1. The fourth-order valence-electron chi connectivity index (χ4n) is 3.07. The normalized spacial score (nSPS) is 21.8. The van der Waals surface area contributed by atoms with E-state index in [1.165, 1.54) is 16.9 Å². The van der Waals surface area contributed by atoms with Crippen LogP contribution >= 0.6 is 11.3 Å². The van der Waals surface area contributed by atoms with Gasteiger partial charge in [0.1, 0.15) is 0 Å². The second kappa shape index (κ2) is 5.82. The van der Waals surface area contributed by atoms with Crippen LogP contribution in [0.15, 0.2) is 40.1 Å². The molecular formula is C17H20N2O2S. The van der Waals surface area contributed by atoms with Crippen molar-refractivity contribution in [2.45, 2.75) is 25.3 Å². The molecule has 0 aliphatic carbocycles. The van der Waals surface area contributed by atoms with Gasteiger partial charge in [0.2, 0.25) is 0 Å². The molecule has 3 rings (SSSR count). The summed E-state index contributed by atoms with van der Waals surface area (Å²) in [6.07, 6.45) is 7.45. The number of thiazole rings is 1. The summed E-state index contributed by atoms with van der Waals surface area (Å²) in [5, 5.41) is 9.38. The van der Waals surface area contributed by atoms with Gasteiger partial charge in [-0.15, -0.1) is 0 Å². The monoisotopic (exact) mass is 316 g/mol. The zero-order valence-corrected chi connectivity index (χ0v) is 13.6. The highest BCUT2D eigenvalue weighted by Gasteiger charge is 2.32. The van der Waals surface area contributed by atoms with Gasteiger partial charge in [0.25, 0.3) is 0 Å². The van der Waals surface area contributed by atoms with Crippen LogP contribution in [0.3, 0.4) is 0 Å². The molecule has 22 heavy (non-hydrogen) atoms. The molecule has 1 aromatic heterocycles. The molecular weight excluding hydrogens is 296 g/mol. The van der Waals surface area contributed by atoms with E-state index in [9.17, 15) is 9.90 Å². The Hall–Kier alpha value is -1.72. The van der Waals surface area contributed by atoms with Gasteiger partial charge >= 0.3 is 4.87 Å². The highest BCUT2D eigenvalue weighted by Crippen LogP contribution is 2.32. The van der Waals surface area contributed by atoms with Crippen LogP contribution < -0.4 is 4.87 Å². The Morgan fingerprint density at radius 3 is 2.95 bits per heavy atom. The van der Waals surface area contributed by atoms with Crippen LogP contribution in [0.5, 0.6) is 0 Å². The van der Waals surface area contributed by atoms with Gasteiger partial charge in [-0.2, -0.15) is 0 Å². The average molecular weight is 316 g/mol. The maximum absolute atomic E-state index is 11.8. The second-order valence-electron chi connectivity index (χ2n) is 6.01. The molecule has 0 amide bonds. The number of aromatic nitrogens is 1. The number of benzene rings is 1. The Morgan fingerprint density at radius 2 is 2.27 bits per heavy atom. The Bertz CT molecular complexity index is 789. The van der Waals surface area contributed by atoms with Crippen molar-refractivity contribution in [1.82, 2.24) is 4.57 Å². The summed E-state index contributed by atoms with van der Waals surface area (Å²) in [6, 6.07) is 6.18. The molecule has 0 fully saturated rings. The number of nitrogens with zero attached hydrogens (tertiary/aromatic N) is 2. The predicted octanol–water partition coefficient (Wildman–Crippen LogP) is 2.54. The zero-order valence-electron chi connectivity index (χ0n) is 12.8. The maximum atomic E-state index is 11.8. The first-order valence-electron chi connectivity index (χ1n) is 7.46. The maximum Gasteiger partial charge on any atom is 0.307 e. The summed E-state index contributed by atoms with van der Waals surface area (Å²) >= 11 is 1.28. The van der Waals surface area contributed by atoms with Crippen molar-refractivity contribution in [1.29, 1.82) is 0 Å². The molecule has 2 atom stereocenters. The van der Waals surface area contributed by atoms with Crippen LogP contribution in [0.2, 0.25) is 0 Å². The van der Waals surface area contributed by atoms with E-state index in [4.69, 9.17) is 0 Å². The largest absolute Gasteiger partial charge is 0.396 e. The van der Waals surface area contributed by atoms with E-state index < -0.39 is 0 Å². The van der Waals surface area contributed by atoms with Crippen LogP contribution in [0.25, 0.3) is 10.2 Å². The minimum Gasteiger partial charge on any atom is -0.396 e. The van der Waals surface area contributed by atoms with E-state index >= 15 is 0 Å². The van der Waals surface area contributed by atoms with Crippen molar-refractivity contribution >= 4 is 27.8 Å². The number of hydrogen-bond acceptors (Lipinski definition) is 4. The lowest BCUT2D eigenvalue weighted by Gasteiger charge is -2.30. The van der Waals surface area contributed by atoms with E-state index in [1.54, 1.807) is 11.6 Å². The van der Waals surface area contributed by atoms with Gasteiger partial charge in [0, 0.05) is 19.9 Å².